The highest BCUT2D eigenvalue weighted by molar-refractivity contribution is 5.95. The fourth-order valence-electron chi connectivity index (χ4n) is 2.84. The van der Waals surface area contributed by atoms with E-state index < -0.39 is 0 Å². The van der Waals surface area contributed by atoms with Gasteiger partial charge in [-0.1, -0.05) is 13.3 Å². The normalized spacial score (nSPS) is 18.1. The van der Waals surface area contributed by atoms with E-state index in [1.165, 1.54) is 0 Å². The average Bonchev–Trinajstić information content (AvgIpc) is 3.18. The van der Waals surface area contributed by atoms with E-state index >= 15 is 0 Å². The van der Waals surface area contributed by atoms with E-state index in [0.717, 1.165) is 25.1 Å². The van der Waals surface area contributed by atoms with Crippen molar-refractivity contribution in [1.29, 1.82) is 0 Å². The van der Waals surface area contributed by atoms with Gasteiger partial charge in [-0.05, 0) is 13.3 Å². The molecule has 3 rings (SSSR count). The zero-order valence-corrected chi connectivity index (χ0v) is 14.4. The molecular weight excluding hydrogens is 310 g/mol. The molecule has 0 bridgehead atoms. The van der Waals surface area contributed by atoms with Crippen molar-refractivity contribution in [2.24, 2.45) is 0 Å². The van der Waals surface area contributed by atoms with Crippen molar-refractivity contribution in [2.45, 2.75) is 46.2 Å². The molecule has 0 saturated carbocycles. The van der Waals surface area contributed by atoms with Crippen LogP contribution in [0.4, 0.5) is 0 Å². The van der Waals surface area contributed by atoms with Crippen LogP contribution in [-0.4, -0.2) is 50.5 Å². The van der Waals surface area contributed by atoms with Gasteiger partial charge in [-0.15, -0.1) is 10.2 Å². The Bertz CT molecular complexity index is 708. The van der Waals surface area contributed by atoms with Crippen LogP contribution in [0.15, 0.2) is 10.6 Å². The number of unbranched alkanes of at least 4 members (excludes halogenated alkanes) is 1. The monoisotopic (exact) mass is 333 g/mol. The van der Waals surface area contributed by atoms with E-state index in [4.69, 9.17) is 9.15 Å². The van der Waals surface area contributed by atoms with E-state index in [1.54, 1.807) is 18.0 Å². The van der Waals surface area contributed by atoms with Gasteiger partial charge in [-0.25, -0.2) is 0 Å². The number of ether oxygens (including phenoxy) is 1. The second-order valence-corrected chi connectivity index (χ2v) is 5.97. The first-order valence-electron chi connectivity index (χ1n) is 8.33. The summed E-state index contributed by atoms with van der Waals surface area (Å²) in [6.45, 7) is 7.97. The van der Waals surface area contributed by atoms with Gasteiger partial charge in [-0.2, -0.15) is 5.10 Å². The van der Waals surface area contributed by atoms with Gasteiger partial charge < -0.3 is 14.1 Å². The Kier molecular flexibility index (Phi) is 4.94. The van der Waals surface area contributed by atoms with E-state index in [0.29, 0.717) is 37.1 Å². The van der Waals surface area contributed by atoms with Crippen LogP contribution < -0.4 is 0 Å². The summed E-state index contributed by atoms with van der Waals surface area (Å²) in [5, 5.41) is 12.3. The molecule has 1 aliphatic rings. The molecule has 8 heteroatoms. The molecule has 2 aromatic heterocycles. The van der Waals surface area contributed by atoms with Crippen molar-refractivity contribution in [1.82, 2.24) is 24.9 Å². The first-order valence-corrected chi connectivity index (χ1v) is 8.33. The van der Waals surface area contributed by atoms with Gasteiger partial charge in [0.1, 0.15) is 6.04 Å². The minimum atomic E-state index is -0.356. The molecule has 3 heterocycles. The van der Waals surface area contributed by atoms with Crippen LogP contribution in [0.2, 0.25) is 0 Å². The molecular formula is C16H23N5O3. The highest BCUT2D eigenvalue weighted by Crippen LogP contribution is 2.26. The average molecular weight is 333 g/mol. The van der Waals surface area contributed by atoms with Gasteiger partial charge in [0.15, 0.2) is 0 Å². The second-order valence-electron chi connectivity index (χ2n) is 5.97. The zero-order valence-electron chi connectivity index (χ0n) is 14.4. The molecule has 0 unspecified atom stereocenters. The minimum Gasteiger partial charge on any atom is -0.423 e. The third kappa shape index (κ3) is 3.19. The van der Waals surface area contributed by atoms with Crippen molar-refractivity contribution < 1.29 is 13.9 Å². The van der Waals surface area contributed by atoms with Crippen LogP contribution in [0.5, 0.6) is 0 Å². The Balaban J connectivity index is 1.83. The van der Waals surface area contributed by atoms with Crippen molar-refractivity contribution in [3.63, 3.8) is 0 Å². The van der Waals surface area contributed by atoms with Crippen molar-refractivity contribution in [3.05, 3.63) is 29.2 Å². The Morgan fingerprint density at radius 2 is 2.21 bits per heavy atom. The summed E-state index contributed by atoms with van der Waals surface area (Å²) < 4.78 is 12.9. The fourth-order valence-corrected chi connectivity index (χ4v) is 2.84. The van der Waals surface area contributed by atoms with Gasteiger partial charge in [0.2, 0.25) is 11.8 Å². The molecule has 1 amide bonds. The lowest BCUT2D eigenvalue weighted by Gasteiger charge is -2.33. The maximum atomic E-state index is 13.0. The van der Waals surface area contributed by atoms with Gasteiger partial charge in [0, 0.05) is 25.7 Å². The van der Waals surface area contributed by atoms with Crippen molar-refractivity contribution in [2.75, 3.05) is 19.8 Å². The predicted octanol–water partition coefficient (Wildman–Crippen LogP) is 1.90. The summed E-state index contributed by atoms with van der Waals surface area (Å²) >= 11 is 0. The highest BCUT2D eigenvalue weighted by atomic mass is 16.5. The quantitative estimate of drug-likeness (QED) is 0.830. The number of aromatic nitrogens is 4. The lowest BCUT2D eigenvalue weighted by molar-refractivity contribution is -0.0107. The van der Waals surface area contributed by atoms with Gasteiger partial charge in [0.25, 0.3) is 5.91 Å². The molecule has 1 fully saturated rings. The Labute approximate surface area is 140 Å². The molecule has 1 aliphatic heterocycles. The first-order chi connectivity index (χ1) is 11.6. The molecule has 8 nitrogen and oxygen atoms in total. The van der Waals surface area contributed by atoms with E-state index in [9.17, 15) is 4.79 Å². The molecule has 0 spiro atoms. The molecule has 0 N–H and O–H groups in total. The van der Waals surface area contributed by atoms with E-state index in [2.05, 4.69) is 22.2 Å². The number of nitrogens with zero attached hydrogens (tertiary/aromatic N) is 5. The molecule has 0 radical (unpaired) electrons. The molecule has 1 atom stereocenters. The minimum absolute atomic E-state index is 0.0700. The van der Waals surface area contributed by atoms with Crippen molar-refractivity contribution in [3.8, 4) is 0 Å². The molecule has 2 aromatic rings. The van der Waals surface area contributed by atoms with Crippen LogP contribution >= 0.6 is 0 Å². The summed E-state index contributed by atoms with van der Waals surface area (Å²) in [5.74, 6) is 0.822. The Hall–Kier alpha value is -2.22. The lowest BCUT2D eigenvalue weighted by Crippen LogP contribution is -2.43. The molecule has 0 aliphatic carbocycles. The van der Waals surface area contributed by atoms with E-state index in [1.807, 2.05) is 11.6 Å². The number of hydrogen-bond acceptors (Lipinski definition) is 6. The fraction of sp³-hybridized carbons (Fsp3) is 0.625. The number of aryl methyl sites for hydroxylation is 2. The Morgan fingerprint density at radius 3 is 2.92 bits per heavy atom. The summed E-state index contributed by atoms with van der Waals surface area (Å²) in [5.41, 5.74) is 1.51. The molecule has 24 heavy (non-hydrogen) atoms. The number of amides is 1. The SMILES string of the molecule is CCCCn1ncc(C(=O)N2CCOC[C@@H]2c2nnc(C)o2)c1C. The van der Waals surface area contributed by atoms with Crippen LogP contribution in [0.1, 0.15) is 53.6 Å². The van der Waals surface area contributed by atoms with Crippen LogP contribution in [0, 0.1) is 13.8 Å². The van der Waals surface area contributed by atoms with Gasteiger partial charge in [-0.3, -0.25) is 9.48 Å². The number of carbonyl (C=O) groups is 1. The smallest absolute Gasteiger partial charge is 0.258 e. The van der Waals surface area contributed by atoms with Gasteiger partial charge >= 0.3 is 0 Å². The van der Waals surface area contributed by atoms with Crippen LogP contribution in [0.25, 0.3) is 0 Å². The number of morpholine rings is 1. The van der Waals surface area contributed by atoms with Gasteiger partial charge in [0.05, 0.1) is 25.0 Å². The maximum absolute atomic E-state index is 13.0. The molecule has 130 valence electrons. The number of carbonyl (C=O) groups excluding carboxylic acids is 1. The topological polar surface area (TPSA) is 86.3 Å². The van der Waals surface area contributed by atoms with Crippen LogP contribution in [0.3, 0.4) is 0 Å². The summed E-state index contributed by atoms with van der Waals surface area (Å²) in [4.78, 5) is 14.8. The summed E-state index contributed by atoms with van der Waals surface area (Å²) in [6, 6.07) is -0.356. The Morgan fingerprint density at radius 1 is 1.38 bits per heavy atom. The highest BCUT2D eigenvalue weighted by Gasteiger charge is 2.34. The summed E-state index contributed by atoms with van der Waals surface area (Å²) in [7, 11) is 0. The third-order valence-corrected chi connectivity index (χ3v) is 4.27. The predicted molar refractivity (Wildman–Crippen MR) is 85.5 cm³/mol. The zero-order chi connectivity index (χ0) is 17.1. The standard InChI is InChI=1S/C16H23N5O3/c1-4-5-6-21-11(2)13(9-17-21)16(22)20-7-8-23-10-14(20)15-19-18-12(3)24-15/h9,14H,4-8,10H2,1-3H3/t14-/m1/s1. The van der Waals surface area contributed by atoms with Crippen LogP contribution in [-0.2, 0) is 11.3 Å². The lowest BCUT2D eigenvalue weighted by atomic mass is 10.1. The summed E-state index contributed by atoms with van der Waals surface area (Å²) in [6.07, 6.45) is 3.78. The first kappa shape index (κ1) is 16.6. The molecule has 1 saturated heterocycles. The largest absolute Gasteiger partial charge is 0.423 e. The number of rotatable bonds is 5. The maximum Gasteiger partial charge on any atom is 0.258 e. The second kappa shape index (κ2) is 7.12. The van der Waals surface area contributed by atoms with E-state index in [-0.39, 0.29) is 11.9 Å². The third-order valence-electron chi connectivity index (χ3n) is 4.27. The van der Waals surface area contributed by atoms with Crippen molar-refractivity contribution >= 4 is 5.91 Å². The molecule has 0 aromatic carbocycles. The number of hydrogen-bond donors (Lipinski definition) is 0.